The SMILES string of the molecule is COc1cc(C(=O)c2ccc(Cl)nc2C(=O)O)cc(OC)c1Cl. The van der Waals surface area contributed by atoms with E-state index in [9.17, 15) is 14.7 Å². The number of ketones is 1. The van der Waals surface area contributed by atoms with E-state index < -0.39 is 17.4 Å². The van der Waals surface area contributed by atoms with Gasteiger partial charge in [-0.2, -0.15) is 0 Å². The molecule has 1 heterocycles. The zero-order chi connectivity index (χ0) is 17.1. The molecule has 0 aliphatic rings. The Hall–Kier alpha value is -2.31. The second kappa shape index (κ2) is 6.85. The number of aromatic nitrogens is 1. The van der Waals surface area contributed by atoms with Crippen molar-refractivity contribution >= 4 is 35.0 Å². The van der Waals surface area contributed by atoms with Crippen molar-refractivity contribution in [3.8, 4) is 11.5 Å². The first-order valence-corrected chi connectivity index (χ1v) is 7.00. The van der Waals surface area contributed by atoms with Crippen molar-refractivity contribution in [2.75, 3.05) is 14.2 Å². The molecule has 2 rings (SSSR count). The van der Waals surface area contributed by atoms with Crippen molar-refractivity contribution in [2.45, 2.75) is 0 Å². The van der Waals surface area contributed by atoms with Crippen LogP contribution in [0.3, 0.4) is 0 Å². The number of rotatable bonds is 5. The number of halogens is 2. The third-order valence-electron chi connectivity index (χ3n) is 3.02. The second-order valence-electron chi connectivity index (χ2n) is 4.36. The lowest BCUT2D eigenvalue weighted by atomic mass is 10.0. The molecule has 0 unspecified atom stereocenters. The Morgan fingerprint density at radius 2 is 1.65 bits per heavy atom. The number of hydrogen-bond acceptors (Lipinski definition) is 5. The zero-order valence-corrected chi connectivity index (χ0v) is 13.6. The number of nitrogens with zero attached hydrogens (tertiary/aromatic N) is 1. The van der Waals surface area contributed by atoms with Crippen molar-refractivity contribution in [1.82, 2.24) is 4.98 Å². The maximum Gasteiger partial charge on any atom is 0.355 e. The molecule has 0 spiro atoms. The van der Waals surface area contributed by atoms with Crippen molar-refractivity contribution < 1.29 is 24.2 Å². The maximum absolute atomic E-state index is 12.6. The Morgan fingerprint density at radius 1 is 1.09 bits per heavy atom. The fourth-order valence-electron chi connectivity index (χ4n) is 1.94. The molecule has 23 heavy (non-hydrogen) atoms. The smallest absolute Gasteiger partial charge is 0.355 e. The van der Waals surface area contributed by atoms with Gasteiger partial charge in [-0.3, -0.25) is 4.79 Å². The van der Waals surface area contributed by atoms with E-state index >= 15 is 0 Å². The number of hydrogen-bond donors (Lipinski definition) is 1. The molecule has 0 saturated heterocycles. The number of carboxylic acids is 1. The van der Waals surface area contributed by atoms with Gasteiger partial charge in [-0.25, -0.2) is 9.78 Å². The highest BCUT2D eigenvalue weighted by atomic mass is 35.5. The van der Waals surface area contributed by atoms with Crippen LogP contribution in [-0.4, -0.2) is 36.1 Å². The van der Waals surface area contributed by atoms with Gasteiger partial charge >= 0.3 is 5.97 Å². The summed E-state index contributed by atoms with van der Waals surface area (Å²) in [6.07, 6.45) is 0. The number of benzene rings is 1. The van der Waals surface area contributed by atoms with Gasteiger partial charge < -0.3 is 14.6 Å². The van der Waals surface area contributed by atoms with Crippen LogP contribution in [0.1, 0.15) is 26.4 Å². The van der Waals surface area contributed by atoms with Crippen molar-refractivity contribution in [3.05, 3.63) is 51.3 Å². The molecular weight excluding hydrogens is 345 g/mol. The number of ether oxygens (including phenoxy) is 2. The number of aromatic carboxylic acids is 1. The second-order valence-corrected chi connectivity index (χ2v) is 5.12. The average Bonchev–Trinajstić information content (AvgIpc) is 2.54. The minimum atomic E-state index is -1.36. The molecule has 0 bridgehead atoms. The molecule has 0 atom stereocenters. The standard InChI is InChI=1S/C15H11Cl2NO5/c1-22-9-5-7(6-10(23-2)12(9)17)14(19)8-3-4-11(16)18-13(8)15(20)21/h3-6H,1-2H3,(H,20,21). The number of carbonyl (C=O) groups excluding carboxylic acids is 1. The quantitative estimate of drug-likeness (QED) is 0.653. The molecule has 0 amide bonds. The predicted molar refractivity (Wildman–Crippen MR) is 84.2 cm³/mol. The first kappa shape index (κ1) is 17.1. The number of methoxy groups -OCH3 is 2. The van der Waals surface area contributed by atoms with Crippen LogP contribution in [0.15, 0.2) is 24.3 Å². The molecule has 0 aliphatic carbocycles. The summed E-state index contributed by atoms with van der Waals surface area (Å²) in [5, 5.41) is 9.37. The lowest BCUT2D eigenvalue weighted by Crippen LogP contribution is -2.12. The van der Waals surface area contributed by atoms with Gasteiger partial charge in [0.25, 0.3) is 0 Å². The van der Waals surface area contributed by atoms with E-state index in [0.717, 1.165) is 0 Å². The molecule has 1 aromatic heterocycles. The van der Waals surface area contributed by atoms with Crippen LogP contribution < -0.4 is 9.47 Å². The third-order valence-corrected chi connectivity index (χ3v) is 3.60. The molecular formula is C15H11Cl2NO5. The first-order valence-electron chi connectivity index (χ1n) is 6.25. The minimum Gasteiger partial charge on any atom is -0.495 e. The van der Waals surface area contributed by atoms with Gasteiger partial charge in [0.15, 0.2) is 11.5 Å². The van der Waals surface area contributed by atoms with Gasteiger partial charge in [-0.1, -0.05) is 23.2 Å². The molecule has 0 saturated carbocycles. The Kier molecular flexibility index (Phi) is 5.08. The molecule has 2 aromatic rings. The monoisotopic (exact) mass is 355 g/mol. The zero-order valence-electron chi connectivity index (χ0n) is 12.1. The summed E-state index contributed by atoms with van der Waals surface area (Å²) >= 11 is 11.7. The lowest BCUT2D eigenvalue weighted by Gasteiger charge is -2.11. The van der Waals surface area contributed by atoms with E-state index in [1.54, 1.807) is 0 Å². The van der Waals surface area contributed by atoms with Gasteiger partial charge in [-0.15, -0.1) is 0 Å². The number of carboxylic acid groups (broad SMARTS) is 1. The van der Waals surface area contributed by atoms with Crippen LogP contribution in [0.2, 0.25) is 10.2 Å². The normalized spacial score (nSPS) is 10.3. The van der Waals surface area contributed by atoms with Crippen LogP contribution in [0.4, 0.5) is 0 Å². The van der Waals surface area contributed by atoms with Gasteiger partial charge in [-0.05, 0) is 24.3 Å². The Morgan fingerprint density at radius 3 is 2.13 bits per heavy atom. The summed E-state index contributed by atoms with van der Waals surface area (Å²) < 4.78 is 10.2. The minimum absolute atomic E-state index is 0.0229. The Balaban J connectivity index is 2.60. The van der Waals surface area contributed by atoms with Gasteiger partial charge in [0.2, 0.25) is 0 Å². The van der Waals surface area contributed by atoms with Crippen LogP contribution in [-0.2, 0) is 0 Å². The molecule has 6 nitrogen and oxygen atoms in total. The summed E-state index contributed by atoms with van der Waals surface area (Å²) in [6.45, 7) is 0. The lowest BCUT2D eigenvalue weighted by molar-refractivity contribution is 0.0686. The summed E-state index contributed by atoms with van der Waals surface area (Å²) in [4.78, 5) is 27.6. The average molecular weight is 356 g/mol. The van der Waals surface area contributed by atoms with Crippen molar-refractivity contribution in [1.29, 1.82) is 0 Å². The van der Waals surface area contributed by atoms with Crippen LogP contribution >= 0.6 is 23.2 Å². The third kappa shape index (κ3) is 3.38. The van der Waals surface area contributed by atoms with Crippen LogP contribution in [0.5, 0.6) is 11.5 Å². The van der Waals surface area contributed by atoms with E-state index in [0.29, 0.717) is 0 Å². The number of carbonyl (C=O) groups is 2. The molecule has 0 fully saturated rings. The molecule has 120 valence electrons. The van der Waals surface area contributed by atoms with E-state index in [1.807, 2.05) is 0 Å². The van der Waals surface area contributed by atoms with Gasteiger partial charge in [0, 0.05) is 5.56 Å². The fourth-order valence-corrected chi connectivity index (χ4v) is 2.35. The highest BCUT2D eigenvalue weighted by Crippen LogP contribution is 2.36. The highest BCUT2D eigenvalue weighted by molar-refractivity contribution is 6.34. The highest BCUT2D eigenvalue weighted by Gasteiger charge is 2.22. The van der Waals surface area contributed by atoms with Gasteiger partial charge in [0.05, 0.1) is 19.8 Å². The van der Waals surface area contributed by atoms with Crippen LogP contribution in [0, 0.1) is 0 Å². The summed E-state index contributed by atoms with van der Waals surface area (Å²) in [6, 6.07) is 5.43. The summed E-state index contributed by atoms with van der Waals surface area (Å²) in [5.41, 5.74) is -0.390. The first-order chi connectivity index (χ1) is 10.9. The molecule has 8 heteroatoms. The largest absolute Gasteiger partial charge is 0.495 e. The summed E-state index contributed by atoms with van der Waals surface area (Å²) in [5.74, 6) is -1.47. The summed E-state index contributed by atoms with van der Waals surface area (Å²) in [7, 11) is 2.78. The van der Waals surface area contributed by atoms with Crippen molar-refractivity contribution in [3.63, 3.8) is 0 Å². The Bertz CT molecular complexity index is 766. The van der Waals surface area contributed by atoms with Crippen LogP contribution in [0.25, 0.3) is 0 Å². The van der Waals surface area contributed by atoms with E-state index in [-0.39, 0.29) is 32.8 Å². The van der Waals surface area contributed by atoms with Crippen molar-refractivity contribution in [2.24, 2.45) is 0 Å². The van der Waals surface area contributed by atoms with E-state index in [4.69, 9.17) is 32.7 Å². The topological polar surface area (TPSA) is 85.7 Å². The van der Waals surface area contributed by atoms with E-state index in [1.165, 1.54) is 38.5 Å². The fraction of sp³-hybridized carbons (Fsp3) is 0.133. The predicted octanol–water partition coefficient (Wildman–Crippen LogP) is 3.33. The molecule has 1 aromatic carbocycles. The maximum atomic E-state index is 12.6. The Labute approximate surface area is 141 Å². The van der Waals surface area contributed by atoms with Gasteiger partial charge in [0.1, 0.15) is 21.7 Å². The molecule has 1 N–H and O–H groups in total. The molecule has 0 radical (unpaired) electrons. The number of pyridine rings is 1. The molecule has 0 aliphatic heterocycles. The van der Waals surface area contributed by atoms with E-state index in [2.05, 4.69) is 4.98 Å².